The van der Waals surface area contributed by atoms with Crippen LogP contribution in [0, 0.1) is 6.92 Å². The van der Waals surface area contributed by atoms with Gasteiger partial charge in [0, 0.05) is 70.7 Å². The van der Waals surface area contributed by atoms with Crippen molar-refractivity contribution in [1.29, 1.82) is 0 Å². The number of amides is 2. The Morgan fingerprint density at radius 2 is 1.60 bits per heavy atom. The molecule has 4 heterocycles. The van der Waals surface area contributed by atoms with Gasteiger partial charge in [0.2, 0.25) is 0 Å². The zero-order chi connectivity index (χ0) is 29.5. The van der Waals surface area contributed by atoms with E-state index in [1.165, 1.54) is 12.8 Å². The second-order valence-corrected chi connectivity index (χ2v) is 12.2. The summed E-state index contributed by atoms with van der Waals surface area (Å²) in [5.74, 6) is 1.05. The van der Waals surface area contributed by atoms with Crippen LogP contribution in [0.2, 0.25) is 0 Å². The number of likely N-dealkylation sites (N-methyl/N-ethyl adjacent to an activating group) is 3. The fourth-order valence-corrected chi connectivity index (χ4v) is 6.70. The molecule has 0 spiro atoms. The summed E-state index contributed by atoms with van der Waals surface area (Å²) in [7, 11) is 8.09. The van der Waals surface area contributed by atoms with Crippen molar-refractivity contribution in [2.45, 2.75) is 25.8 Å². The van der Waals surface area contributed by atoms with E-state index >= 15 is 0 Å². The van der Waals surface area contributed by atoms with Gasteiger partial charge in [-0.25, -0.2) is 0 Å². The molecule has 0 unspecified atom stereocenters. The molecule has 0 aromatic heterocycles. The Kier molecular flexibility index (Phi) is 7.72. The van der Waals surface area contributed by atoms with Crippen LogP contribution in [0.1, 0.15) is 39.1 Å². The molecule has 42 heavy (non-hydrogen) atoms. The van der Waals surface area contributed by atoms with E-state index in [4.69, 9.17) is 0 Å². The Morgan fingerprint density at radius 1 is 0.881 bits per heavy atom. The number of hydrogen-bond donors (Lipinski definition) is 1. The number of fused-ring (bicyclic) bond motifs is 1. The van der Waals surface area contributed by atoms with Gasteiger partial charge in [0.15, 0.2) is 0 Å². The fraction of sp³-hybridized carbons (Fsp3) is 0.455. The summed E-state index contributed by atoms with van der Waals surface area (Å²) < 4.78 is 0. The maximum absolute atomic E-state index is 13.4. The highest BCUT2D eigenvalue weighted by atomic mass is 16.2. The third-order valence-corrected chi connectivity index (χ3v) is 9.48. The van der Waals surface area contributed by atoms with Gasteiger partial charge in [-0.2, -0.15) is 0 Å². The van der Waals surface area contributed by atoms with Crippen LogP contribution in [0.3, 0.4) is 0 Å². The number of carbonyl (C=O) groups is 2. The Hall–Kier alpha value is -3.82. The molecule has 2 fully saturated rings. The number of nitrogens with zero attached hydrogens (tertiary/aromatic N) is 6. The first-order chi connectivity index (χ1) is 20.2. The molecule has 4 aliphatic heterocycles. The third kappa shape index (κ3) is 5.27. The van der Waals surface area contributed by atoms with E-state index in [1.807, 2.05) is 75.4 Å². The van der Waals surface area contributed by atoms with Crippen molar-refractivity contribution in [1.82, 2.24) is 24.5 Å². The van der Waals surface area contributed by atoms with Crippen LogP contribution in [0.4, 0.5) is 11.4 Å². The van der Waals surface area contributed by atoms with Gasteiger partial charge in [-0.3, -0.25) is 14.5 Å². The molecule has 4 aliphatic rings. The molecular formula is C33H43N7O2. The fourth-order valence-electron chi connectivity index (χ4n) is 6.70. The van der Waals surface area contributed by atoms with Crippen LogP contribution in [0.15, 0.2) is 65.8 Å². The first kappa shape index (κ1) is 28.3. The van der Waals surface area contributed by atoms with E-state index < -0.39 is 0 Å². The number of nitrogens with one attached hydrogen (secondary N) is 1. The molecule has 0 atom stereocenters. The zero-order valence-electron chi connectivity index (χ0n) is 25.6. The van der Waals surface area contributed by atoms with Crippen LogP contribution in [0.25, 0.3) is 0 Å². The first-order valence-electron chi connectivity index (χ1n) is 15.1. The Labute approximate surface area is 249 Å². The smallest absolute Gasteiger partial charge is 0.260 e. The molecule has 2 amide bonds. The molecular weight excluding hydrogens is 526 g/mol. The van der Waals surface area contributed by atoms with E-state index in [0.717, 1.165) is 79.0 Å². The lowest BCUT2D eigenvalue weighted by Crippen LogP contribution is -2.54. The standard InChI is InChI=1S/C33H43N7O2/c1-23-20-24(32(41)40-18-16-39(17-19-40)25-12-14-35(2)15-13-25)10-11-27(23)34-31-21-29-30(22-36(31)3)38(5)33(42)26-8-6-7-9-28(26)37(29)4/h6-11,20-21,25,34H,12-19,22H2,1-5H3. The van der Waals surface area contributed by atoms with Crippen LogP contribution in [0.5, 0.6) is 0 Å². The predicted octanol–water partition coefficient (Wildman–Crippen LogP) is 3.48. The summed E-state index contributed by atoms with van der Waals surface area (Å²) in [6.45, 7) is 8.44. The number of carbonyl (C=O) groups excluding carboxylic acids is 2. The minimum Gasteiger partial charge on any atom is -0.355 e. The summed E-state index contributed by atoms with van der Waals surface area (Å²) >= 11 is 0. The first-order valence-corrected chi connectivity index (χ1v) is 15.1. The van der Waals surface area contributed by atoms with Crippen LogP contribution < -0.4 is 10.2 Å². The maximum Gasteiger partial charge on any atom is 0.260 e. The molecule has 2 aromatic rings. The third-order valence-electron chi connectivity index (χ3n) is 9.48. The summed E-state index contributed by atoms with van der Waals surface area (Å²) in [6.07, 6.45) is 4.55. The van der Waals surface area contributed by atoms with E-state index in [-0.39, 0.29) is 11.8 Å². The minimum absolute atomic E-state index is 0.00000614. The highest BCUT2D eigenvalue weighted by Crippen LogP contribution is 2.34. The molecule has 2 aromatic carbocycles. The predicted molar refractivity (Wildman–Crippen MR) is 167 cm³/mol. The van der Waals surface area contributed by atoms with Gasteiger partial charge in [-0.1, -0.05) is 12.1 Å². The maximum atomic E-state index is 13.4. The molecule has 0 bridgehead atoms. The molecule has 0 radical (unpaired) electrons. The number of allylic oxidation sites excluding steroid dienone is 1. The average Bonchev–Trinajstić information content (AvgIpc) is 3.08. The van der Waals surface area contributed by atoms with Gasteiger partial charge in [0.25, 0.3) is 11.8 Å². The van der Waals surface area contributed by atoms with E-state index in [9.17, 15) is 9.59 Å². The Morgan fingerprint density at radius 3 is 2.31 bits per heavy atom. The van der Waals surface area contributed by atoms with Crippen LogP contribution in [-0.2, 0) is 0 Å². The number of hydrogen-bond acceptors (Lipinski definition) is 7. The number of piperazine rings is 1. The van der Waals surface area contributed by atoms with Crippen molar-refractivity contribution in [3.05, 3.63) is 82.4 Å². The number of aryl methyl sites for hydroxylation is 1. The summed E-state index contributed by atoms with van der Waals surface area (Å²) in [5.41, 5.74) is 6.25. The average molecular weight is 570 g/mol. The zero-order valence-corrected chi connectivity index (χ0v) is 25.6. The molecule has 0 aliphatic carbocycles. The van der Waals surface area contributed by atoms with Crippen molar-refractivity contribution in [2.24, 2.45) is 0 Å². The lowest BCUT2D eigenvalue weighted by atomic mass is 10.0. The second kappa shape index (κ2) is 11.5. The molecule has 6 rings (SSSR count). The Bertz CT molecular complexity index is 1430. The molecule has 9 heteroatoms. The lowest BCUT2D eigenvalue weighted by Gasteiger charge is -2.42. The number of rotatable bonds is 4. The van der Waals surface area contributed by atoms with E-state index in [2.05, 4.69) is 38.0 Å². The molecule has 0 saturated carbocycles. The largest absolute Gasteiger partial charge is 0.355 e. The summed E-state index contributed by atoms with van der Waals surface area (Å²) in [5, 5.41) is 3.60. The van der Waals surface area contributed by atoms with Crippen molar-refractivity contribution in [3.63, 3.8) is 0 Å². The number of likely N-dealkylation sites (tertiary alicyclic amines) is 1. The van der Waals surface area contributed by atoms with Crippen molar-refractivity contribution in [3.8, 4) is 0 Å². The highest BCUT2D eigenvalue weighted by Gasteiger charge is 2.32. The molecule has 222 valence electrons. The highest BCUT2D eigenvalue weighted by molar-refractivity contribution is 6.02. The van der Waals surface area contributed by atoms with Gasteiger partial charge in [-0.15, -0.1) is 0 Å². The van der Waals surface area contributed by atoms with Gasteiger partial charge in [0.05, 0.1) is 29.2 Å². The van der Waals surface area contributed by atoms with Crippen LogP contribution in [-0.4, -0.2) is 116 Å². The van der Waals surface area contributed by atoms with Crippen LogP contribution >= 0.6 is 0 Å². The van der Waals surface area contributed by atoms with Gasteiger partial charge in [-0.05, 0) is 75.8 Å². The number of para-hydroxylation sites is 1. The minimum atomic E-state index is -0.00000614. The Balaban J connectivity index is 1.15. The van der Waals surface area contributed by atoms with Gasteiger partial charge >= 0.3 is 0 Å². The monoisotopic (exact) mass is 569 g/mol. The van der Waals surface area contributed by atoms with E-state index in [0.29, 0.717) is 18.2 Å². The van der Waals surface area contributed by atoms with Gasteiger partial charge < -0.3 is 29.8 Å². The number of piperidine rings is 1. The SMILES string of the molecule is Cc1cc(C(=O)N2CCN(C3CCN(C)CC3)CC2)ccc1NC1=CC2=C(CN1C)N(C)C(=O)c1ccccc1N2C. The topological polar surface area (TPSA) is 65.6 Å². The van der Waals surface area contributed by atoms with E-state index in [1.54, 1.807) is 4.90 Å². The summed E-state index contributed by atoms with van der Waals surface area (Å²) in [6, 6.07) is 14.4. The number of benzene rings is 2. The van der Waals surface area contributed by atoms with Crippen molar-refractivity contribution < 1.29 is 9.59 Å². The quantitative estimate of drug-likeness (QED) is 0.605. The normalized spacial score (nSPS) is 20.8. The number of anilines is 2. The van der Waals surface area contributed by atoms with Crippen molar-refractivity contribution in [2.75, 3.05) is 84.2 Å². The van der Waals surface area contributed by atoms with Gasteiger partial charge in [0.1, 0.15) is 5.82 Å². The molecule has 9 nitrogen and oxygen atoms in total. The second-order valence-electron chi connectivity index (χ2n) is 12.2. The van der Waals surface area contributed by atoms with Crippen molar-refractivity contribution >= 4 is 23.2 Å². The molecule has 2 saturated heterocycles. The lowest BCUT2D eigenvalue weighted by molar-refractivity contribution is 0.0475. The summed E-state index contributed by atoms with van der Waals surface area (Å²) in [4.78, 5) is 39.7. The molecule has 1 N–H and O–H groups in total.